The molecule has 1 saturated carbocycles. The monoisotopic (exact) mass is 303 g/mol. The molecule has 0 aliphatic heterocycles. The highest BCUT2D eigenvalue weighted by Gasteiger charge is 2.28. The number of rotatable bonds is 3. The normalized spacial score (nSPS) is 23.7. The summed E-state index contributed by atoms with van der Waals surface area (Å²) in [6.45, 7) is 4.50. The maximum atomic E-state index is 13.2. The summed E-state index contributed by atoms with van der Waals surface area (Å²) in [4.78, 5) is 0. The maximum Gasteiger partial charge on any atom is 0.126 e. The zero-order valence-electron chi connectivity index (χ0n) is 11.3. The van der Waals surface area contributed by atoms with E-state index in [1.807, 2.05) is 0 Å². The molecule has 1 N–H and O–H groups in total. The molecule has 1 aliphatic rings. The van der Waals surface area contributed by atoms with Crippen molar-refractivity contribution in [3.63, 3.8) is 0 Å². The molecule has 2 rings (SSSR count). The molecule has 0 heterocycles. The Balaban J connectivity index is 2.19. The largest absolute Gasteiger partial charge is 0.380 e. The molecule has 19 heavy (non-hydrogen) atoms. The molecule has 0 radical (unpaired) electrons. The molecule has 1 aromatic rings. The minimum atomic E-state index is -0.399. The standard InChI is InChI=1S/C15H20Cl2FN/c1-9(2)11-5-3-4-6-14(11)19-15-12(16)7-10(18)8-13(15)17/h7-9,11,14,19H,3-6H2,1-2H3. The number of nitrogens with one attached hydrogen (secondary N) is 1. The highest BCUT2D eigenvalue weighted by atomic mass is 35.5. The van der Waals surface area contributed by atoms with Crippen LogP contribution in [0.5, 0.6) is 0 Å². The Morgan fingerprint density at radius 3 is 2.32 bits per heavy atom. The van der Waals surface area contributed by atoms with Crippen LogP contribution >= 0.6 is 23.2 Å². The quantitative estimate of drug-likeness (QED) is 0.748. The van der Waals surface area contributed by atoms with Gasteiger partial charge in [0.05, 0.1) is 15.7 Å². The molecule has 0 bridgehead atoms. The summed E-state index contributed by atoms with van der Waals surface area (Å²) in [6, 6.07) is 2.99. The van der Waals surface area contributed by atoms with Crippen LogP contribution in [0.1, 0.15) is 39.5 Å². The van der Waals surface area contributed by atoms with Crippen LogP contribution in [0.2, 0.25) is 10.0 Å². The maximum absolute atomic E-state index is 13.2. The van der Waals surface area contributed by atoms with Crippen LogP contribution in [0.15, 0.2) is 12.1 Å². The molecule has 2 unspecified atom stereocenters. The molecule has 1 nitrogen and oxygen atoms in total. The first-order chi connectivity index (χ1) is 8.99. The van der Waals surface area contributed by atoms with Gasteiger partial charge in [0, 0.05) is 6.04 Å². The van der Waals surface area contributed by atoms with E-state index >= 15 is 0 Å². The van der Waals surface area contributed by atoms with Gasteiger partial charge in [-0.15, -0.1) is 0 Å². The van der Waals surface area contributed by atoms with Gasteiger partial charge < -0.3 is 5.32 Å². The minimum Gasteiger partial charge on any atom is -0.380 e. The molecule has 2 atom stereocenters. The van der Waals surface area contributed by atoms with E-state index in [2.05, 4.69) is 19.2 Å². The van der Waals surface area contributed by atoms with Crippen molar-refractivity contribution in [2.45, 2.75) is 45.6 Å². The summed E-state index contributed by atoms with van der Waals surface area (Å²) in [6.07, 6.45) is 4.85. The molecule has 1 fully saturated rings. The Kier molecular flexibility index (Phi) is 4.97. The predicted molar refractivity (Wildman–Crippen MR) is 80.6 cm³/mol. The summed E-state index contributed by atoms with van der Waals surface area (Å²) < 4.78 is 13.2. The molecule has 0 spiro atoms. The Labute approximate surface area is 124 Å². The molecular formula is C15H20Cl2FN. The van der Waals surface area contributed by atoms with Gasteiger partial charge in [-0.25, -0.2) is 4.39 Å². The summed E-state index contributed by atoms with van der Waals surface area (Å²) in [5.41, 5.74) is 0.669. The van der Waals surface area contributed by atoms with Crippen molar-refractivity contribution in [3.05, 3.63) is 28.0 Å². The molecule has 1 aromatic carbocycles. The van der Waals surface area contributed by atoms with Gasteiger partial charge >= 0.3 is 0 Å². The highest BCUT2D eigenvalue weighted by molar-refractivity contribution is 6.39. The SMILES string of the molecule is CC(C)C1CCCCC1Nc1c(Cl)cc(F)cc1Cl. The van der Waals surface area contributed by atoms with E-state index in [0.717, 1.165) is 6.42 Å². The van der Waals surface area contributed by atoms with Crippen LogP contribution < -0.4 is 5.32 Å². The number of hydrogen-bond donors (Lipinski definition) is 1. The average molecular weight is 304 g/mol. The number of hydrogen-bond acceptors (Lipinski definition) is 1. The minimum absolute atomic E-state index is 0.359. The van der Waals surface area contributed by atoms with Gasteiger partial charge in [0.25, 0.3) is 0 Å². The lowest BCUT2D eigenvalue weighted by molar-refractivity contribution is 0.254. The van der Waals surface area contributed by atoms with Gasteiger partial charge in [-0.3, -0.25) is 0 Å². The van der Waals surface area contributed by atoms with Gasteiger partial charge in [-0.05, 0) is 36.8 Å². The van der Waals surface area contributed by atoms with Crippen molar-refractivity contribution in [2.75, 3.05) is 5.32 Å². The van der Waals surface area contributed by atoms with Crippen LogP contribution in [-0.2, 0) is 0 Å². The first-order valence-electron chi connectivity index (χ1n) is 6.90. The second kappa shape index (κ2) is 6.32. The van der Waals surface area contributed by atoms with Gasteiger partial charge in [-0.2, -0.15) is 0 Å². The predicted octanol–water partition coefficient (Wildman–Crippen LogP) is 5.76. The van der Waals surface area contributed by atoms with E-state index in [1.54, 1.807) is 0 Å². The Morgan fingerprint density at radius 1 is 1.16 bits per heavy atom. The topological polar surface area (TPSA) is 12.0 Å². The van der Waals surface area contributed by atoms with Crippen LogP contribution in [-0.4, -0.2) is 6.04 Å². The first-order valence-corrected chi connectivity index (χ1v) is 7.65. The number of halogens is 3. The van der Waals surface area contributed by atoms with Crippen LogP contribution in [0, 0.1) is 17.7 Å². The van der Waals surface area contributed by atoms with Crippen LogP contribution in [0.25, 0.3) is 0 Å². The average Bonchev–Trinajstić information content (AvgIpc) is 2.34. The lowest BCUT2D eigenvalue weighted by Gasteiger charge is -2.36. The molecule has 1 aliphatic carbocycles. The Morgan fingerprint density at radius 2 is 1.74 bits per heavy atom. The van der Waals surface area contributed by atoms with Crippen molar-refractivity contribution in [1.29, 1.82) is 0 Å². The third kappa shape index (κ3) is 3.55. The van der Waals surface area contributed by atoms with E-state index in [0.29, 0.717) is 33.6 Å². The lowest BCUT2D eigenvalue weighted by atomic mass is 9.78. The van der Waals surface area contributed by atoms with Crippen LogP contribution in [0.4, 0.5) is 10.1 Å². The molecule has 106 valence electrons. The summed E-state index contributed by atoms with van der Waals surface area (Å²) in [5, 5.41) is 4.16. The molecular weight excluding hydrogens is 284 g/mol. The van der Waals surface area contributed by atoms with Crippen molar-refractivity contribution in [3.8, 4) is 0 Å². The van der Waals surface area contributed by atoms with Crippen molar-refractivity contribution >= 4 is 28.9 Å². The van der Waals surface area contributed by atoms with E-state index in [-0.39, 0.29) is 0 Å². The highest BCUT2D eigenvalue weighted by Crippen LogP contribution is 2.37. The fraction of sp³-hybridized carbons (Fsp3) is 0.600. The molecule has 0 aromatic heterocycles. The van der Waals surface area contributed by atoms with Crippen molar-refractivity contribution in [1.82, 2.24) is 0 Å². The first kappa shape index (κ1) is 14.9. The summed E-state index contributed by atoms with van der Waals surface area (Å²) in [7, 11) is 0. The zero-order chi connectivity index (χ0) is 14.0. The van der Waals surface area contributed by atoms with Crippen molar-refractivity contribution in [2.24, 2.45) is 11.8 Å². The van der Waals surface area contributed by atoms with Crippen LogP contribution in [0.3, 0.4) is 0 Å². The molecule has 4 heteroatoms. The van der Waals surface area contributed by atoms with Gasteiger partial charge in [-0.1, -0.05) is 49.9 Å². The van der Waals surface area contributed by atoms with Gasteiger partial charge in [0.2, 0.25) is 0 Å². The third-order valence-corrected chi connectivity index (χ3v) is 4.61. The summed E-state index contributed by atoms with van der Waals surface area (Å²) >= 11 is 12.2. The second-order valence-corrected chi connectivity index (χ2v) is 6.50. The lowest BCUT2D eigenvalue weighted by Crippen LogP contribution is -2.35. The Hall–Kier alpha value is -0.470. The Bertz CT molecular complexity index is 425. The fourth-order valence-corrected chi connectivity index (χ4v) is 3.57. The van der Waals surface area contributed by atoms with Gasteiger partial charge in [0.1, 0.15) is 5.82 Å². The third-order valence-electron chi connectivity index (χ3n) is 4.01. The number of benzene rings is 1. The fourth-order valence-electron chi connectivity index (χ4n) is 3.00. The van der Waals surface area contributed by atoms with Gasteiger partial charge in [0.15, 0.2) is 0 Å². The molecule has 0 saturated heterocycles. The second-order valence-electron chi connectivity index (χ2n) is 5.69. The van der Waals surface area contributed by atoms with E-state index in [4.69, 9.17) is 23.2 Å². The smallest absolute Gasteiger partial charge is 0.126 e. The van der Waals surface area contributed by atoms with Crippen molar-refractivity contribution < 1.29 is 4.39 Å². The van der Waals surface area contributed by atoms with E-state index in [9.17, 15) is 4.39 Å². The van der Waals surface area contributed by atoms with E-state index < -0.39 is 5.82 Å². The van der Waals surface area contributed by atoms with E-state index in [1.165, 1.54) is 31.4 Å². The number of anilines is 1. The molecule has 0 amide bonds. The zero-order valence-corrected chi connectivity index (χ0v) is 12.9. The summed E-state index contributed by atoms with van der Waals surface area (Å²) in [5.74, 6) is 0.839.